The lowest BCUT2D eigenvalue weighted by Gasteiger charge is -2.26. The minimum atomic E-state index is 0.583. The van der Waals surface area contributed by atoms with E-state index < -0.39 is 0 Å². The van der Waals surface area contributed by atoms with Crippen molar-refractivity contribution in [2.24, 2.45) is 0 Å². The quantitative estimate of drug-likeness (QED) is 0.0853. The molecule has 0 atom stereocenters. The molecule has 0 aliphatic rings. The lowest BCUT2D eigenvalue weighted by Crippen LogP contribution is -2.09. The van der Waals surface area contributed by atoms with Crippen LogP contribution in [0, 0.1) is 41.5 Å². The van der Waals surface area contributed by atoms with E-state index in [1.54, 1.807) is 0 Å². The lowest BCUT2D eigenvalue weighted by atomic mass is 9.93. The van der Waals surface area contributed by atoms with Crippen LogP contribution in [0.5, 0.6) is 0 Å². The van der Waals surface area contributed by atoms with Crippen LogP contribution in [0.4, 0.5) is 51.2 Å². The molecule has 0 N–H and O–H groups in total. The van der Waals surface area contributed by atoms with Gasteiger partial charge in [-0.3, -0.25) is 0 Å². The fourth-order valence-electron chi connectivity index (χ4n) is 14.0. The summed E-state index contributed by atoms with van der Waals surface area (Å²) in [6.07, 6.45) is 0. The zero-order chi connectivity index (χ0) is 71.3. The first kappa shape index (κ1) is 66.3. The van der Waals surface area contributed by atoms with Crippen LogP contribution in [0.3, 0.4) is 0 Å². The van der Waals surface area contributed by atoms with Crippen LogP contribution in [0.25, 0.3) is 101 Å². The first-order valence-corrected chi connectivity index (χ1v) is 35.9. The zero-order valence-corrected chi connectivity index (χ0v) is 59.8. The van der Waals surface area contributed by atoms with Crippen LogP contribution in [-0.2, 0) is 0 Å². The Morgan fingerprint density at radius 3 is 0.419 bits per heavy atom. The summed E-state index contributed by atoms with van der Waals surface area (Å²) < 4.78 is 0. The smallest absolute Gasteiger partial charge is 0.164 e. The minimum absolute atomic E-state index is 0.583. The van der Waals surface area contributed by atoms with Crippen molar-refractivity contribution >= 4 is 51.2 Å². The number of rotatable bonds is 18. The average Bonchev–Trinajstić information content (AvgIpc) is 0.796. The number of benzene rings is 15. The highest BCUT2D eigenvalue weighted by Gasteiger charge is 2.21. The molecule has 0 spiro atoms. The molecule has 0 saturated carbocycles. The van der Waals surface area contributed by atoms with Crippen molar-refractivity contribution in [1.82, 2.24) is 15.0 Å². The molecular weight excluding hydrogens is 1270 g/mol. The SMILES string of the molecule is Cc1ccc(N(c2ccc(C)cc2)c2ccc(-c3ccccc3-c3ccc(-c4nc(-c5ccc(-c6ccccc6-c6ccc(N(c7ccc(C)cc7)c7ccc(C)cc7)cc6)cc5)nc(-c5ccc(-c6ccccc6-c6ccc(N(c7ccc(C)cc7)c7ccc(C)cc7)cc6)cc5)n4)cc3)cc2)cc1. The van der Waals surface area contributed by atoms with E-state index >= 15 is 0 Å². The molecule has 0 bridgehead atoms. The third-order valence-electron chi connectivity index (χ3n) is 19.8. The van der Waals surface area contributed by atoms with E-state index in [9.17, 15) is 0 Å². The van der Waals surface area contributed by atoms with Crippen molar-refractivity contribution < 1.29 is 0 Å². The Hall–Kier alpha value is -13.3. The average molecular weight is 1350 g/mol. The van der Waals surface area contributed by atoms with Gasteiger partial charge in [0.15, 0.2) is 17.5 Å². The fraction of sp³-hybridized carbons (Fsp3) is 0.0606. The summed E-state index contributed by atoms with van der Waals surface area (Å²) in [5.41, 5.74) is 33.4. The third kappa shape index (κ3) is 14.3. The first-order valence-electron chi connectivity index (χ1n) is 35.9. The molecule has 1 heterocycles. The van der Waals surface area contributed by atoms with E-state index in [1.807, 2.05) is 0 Å². The number of anilines is 9. The molecule has 0 radical (unpaired) electrons. The van der Waals surface area contributed by atoms with Crippen LogP contribution in [0.1, 0.15) is 33.4 Å². The van der Waals surface area contributed by atoms with Gasteiger partial charge < -0.3 is 14.7 Å². The molecule has 0 fully saturated rings. The lowest BCUT2D eigenvalue weighted by molar-refractivity contribution is 1.07. The Bertz CT molecular complexity index is 4960. The Morgan fingerprint density at radius 2 is 0.267 bits per heavy atom. The van der Waals surface area contributed by atoms with Gasteiger partial charge in [-0.05, 0) is 217 Å². The molecular formula is C99H78N6. The largest absolute Gasteiger partial charge is 0.311 e. The highest BCUT2D eigenvalue weighted by atomic mass is 15.2. The summed E-state index contributed by atoms with van der Waals surface area (Å²) in [6, 6.07) is 131. The van der Waals surface area contributed by atoms with E-state index in [2.05, 4.69) is 420 Å². The highest BCUT2D eigenvalue weighted by molar-refractivity contribution is 5.90. The van der Waals surface area contributed by atoms with Crippen molar-refractivity contribution in [3.05, 3.63) is 397 Å². The highest BCUT2D eigenvalue weighted by Crippen LogP contribution is 2.43. The maximum Gasteiger partial charge on any atom is 0.164 e. The van der Waals surface area contributed by atoms with Crippen LogP contribution >= 0.6 is 0 Å². The Kier molecular flexibility index (Phi) is 18.5. The molecule has 0 unspecified atom stereocenters. The van der Waals surface area contributed by atoms with Gasteiger partial charge in [0.05, 0.1) is 0 Å². The van der Waals surface area contributed by atoms with Gasteiger partial charge in [0.1, 0.15) is 0 Å². The normalized spacial score (nSPS) is 11.1. The van der Waals surface area contributed by atoms with E-state index in [-0.39, 0.29) is 0 Å². The van der Waals surface area contributed by atoms with Gasteiger partial charge in [0, 0.05) is 67.9 Å². The Labute approximate surface area is 616 Å². The second kappa shape index (κ2) is 29.4. The van der Waals surface area contributed by atoms with Crippen molar-refractivity contribution in [2.75, 3.05) is 14.7 Å². The van der Waals surface area contributed by atoms with Crippen LogP contribution in [0.15, 0.2) is 364 Å². The minimum Gasteiger partial charge on any atom is -0.311 e. The predicted octanol–water partition coefficient (Wildman–Crippen LogP) is 27.1. The molecule has 0 amide bonds. The monoisotopic (exact) mass is 1350 g/mol. The van der Waals surface area contributed by atoms with Gasteiger partial charge in [-0.25, -0.2) is 15.0 Å². The second-order valence-corrected chi connectivity index (χ2v) is 27.3. The van der Waals surface area contributed by atoms with Crippen LogP contribution in [0.2, 0.25) is 0 Å². The van der Waals surface area contributed by atoms with Crippen molar-refractivity contribution in [3.63, 3.8) is 0 Å². The van der Waals surface area contributed by atoms with Gasteiger partial charge >= 0.3 is 0 Å². The van der Waals surface area contributed by atoms with E-state index in [4.69, 9.17) is 15.0 Å². The summed E-state index contributed by atoms with van der Waals surface area (Å²) >= 11 is 0. The summed E-state index contributed by atoms with van der Waals surface area (Å²) in [5, 5.41) is 0. The van der Waals surface area contributed by atoms with Crippen molar-refractivity contribution in [2.45, 2.75) is 41.5 Å². The topological polar surface area (TPSA) is 48.4 Å². The third-order valence-corrected chi connectivity index (χ3v) is 19.8. The number of aromatic nitrogens is 3. The predicted molar refractivity (Wildman–Crippen MR) is 441 cm³/mol. The molecule has 0 aliphatic carbocycles. The molecule has 16 rings (SSSR count). The molecule has 15 aromatic carbocycles. The van der Waals surface area contributed by atoms with Crippen LogP contribution in [-0.4, -0.2) is 15.0 Å². The fourth-order valence-corrected chi connectivity index (χ4v) is 14.0. The van der Waals surface area contributed by atoms with Crippen LogP contribution < -0.4 is 14.7 Å². The standard InChI is InChI=1S/C99H78N6/c1-67-19-49-82(50-20-67)103(83-51-21-68(2)22-52-83)88-61-43-76(44-62-88)94-16-10-7-13-91(94)73-31-37-79(38-32-73)97-100-98(80-39-33-74(34-40-80)92-14-8-11-17-95(92)77-45-63-89(64-46-77)104(84-53-23-69(3)24-54-84)85-55-25-70(4)26-56-85)102-99(101-97)81-41-35-75(36-42-81)93-15-9-12-18-96(93)78-47-65-90(66-48-78)105(86-57-27-71(5)28-58-86)87-59-29-72(6)30-60-87/h7-66H,1-6H3. The van der Waals surface area contributed by atoms with Gasteiger partial charge in [-0.15, -0.1) is 0 Å². The van der Waals surface area contributed by atoms with Gasteiger partial charge in [-0.2, -0.15) is 0 Å². The zero-order valence-electron chi connectivity index (χ0n) is 59.8. The molecule has 6 heteroatoms. The van der Waals surface area contributed by atoms with E-state index in [0.29, 0.717) is 17.5 Å². The van der Waals surface area contributed by atoms with Gasteiger partial charge in [0.25, 0.3) is 0 Å². The number of hydrogen-bond acceptors (Lipinski definition) is 6. The van der Waals surface area contributed by atoms with E-state index in [0.717, 1.165) is 135 Å². The second-order valence-electron chi connectivity index (χ2n) is 27.3. The summed E-state index contributed by atoms with van der Waals surface area (Å²) in [6.45, 7) is 12.8. The summed E-state index contributed by atoms with van der Waals surface area (Å²) in [5.74, 6) is 1.75. The number of aryl methyl sites for hydroxylation is 6. The molecule has 0 saturated heterocycles. The molecule has 105 heavy (non-hydrogen) atoms. The maximum absolute atomic E-state index is 5.32. The first-order chi connectivity index (χ1) is 51.5. The Balaban J connectivity index is 0.724. The number of nitrogens with zero attached hydrogens (tertiary/aromatic N) is 6. The molecule has 504 valence electrons. The van der Waals surface area contributed by atoms with Crippen molar-refractivity contribution in [1.29, 1.82) is 0 Å². The number of hydrogen-bond donors (Lipinski definition) is 0. The van der Waals surface area contributed by atoms with Crippen molar-refractivity contribution in [3.8, 4) is 101 Å². The summed E-state index contributed by atoms with van der Waals surface area (Å²) in [7, 11) is 0. The maximum atomic E-state index is 5.32. The van der Waals surface area contributed by atoms with E-state index in [1.165, 1.54) is 33.4 Å². The molecule has 1 aromatic heterocycles. The Morgan fingerprint density at radius 1 is 0.143 bits per heavy atom. The van der Waals surface area contributed by atoms with Gasteiger partial charge in [-0.1, -0.05) is 288 Å². The molecule has 6 nitrogen and oxygen atoms in total. The molecule has 16 aromatic rings. The summed E-state index contributed by atoms with van der Waals surface area (Å²) in [4.78, 5) is 22.9. The molecule has 0 aliphatic heterocycles. The van der Waals surface area contributed by atoms with Gasteiger partial charge in [0.2, 0.25) is 0 Å².